The predicted octanol–water partition coefficient (Wildman–Crippen LogP) is 2.99. The molecule has 2 aliphatic rings. The number of nitrogens with one attached hydrogen (secondary N) is 1. The Kier molecular flexibility index (Phi) is 5.85. The molecule has 2 aliphatic heterocycles. The molecule has 1 aromatic rings. The molecule has 0 aliphatic carbocycles. The molecule has 0 aromatic heterocycles. The number of para-hydroxylation sites is 1. The van der Waals surface area contributed by atoms with Crippen LogP contribution in [0.2, 0.25) is 5.02 Å². The number of carbonyl (C=O) groups excluding carboxylic acids is 1. The molecule has 24 heavy (non-hydrogen) atoms. The lowest BCUT2D eigenvalue weighted by Crippen LogP contribution is -2.44. The topological polar surface area (TPSA) is 44.8 Å². The number of hydrogen-bond acceptors (Lipinski definition) is 4. The van der Waals surface area contributed by atoms with Crippen LogP contribution >= 0.6 is 11.6 Å². The number of rotatable bonds is 4. The highest BCUT2D eigenvalue weighted by atomic mass is 35.5. The summed E-state index contributed by atoms with van der Waals surface area (Å²) in [4.78, 5) is 16.8. The van der Waals surface area contributed by atoms with Crippen LogP contribution in [-0.4, -0.2) is 56.2 Å². The van der Waals surface area contributed by atoms with Crippen LogP contribution in [0.15, 0.2) is 18.2 Å². The molecule has 0 saturated carbocycles. The number of nitrogens with zero attached hydrogens (tertiary/aromatic N) is 2. The molecule has 1 unspecified atom stereocenters. The fourth-order valence-corrected chi connectivity index (χ4v) is 3.80. The van der Waals surface area contributed by atoms with E-state index < -0.39 is 0 Å². The lowest BCUT2D eigenvalue weighted by Gasteiger charge is -2.34. The predicted molar refractivity (Wildman–Crippen MR) is 98.0 cm³/mol. The second kappa shape index (κ2) is 8.08. The zero-order valence-corrected chi connectivity index (χ0v) is 15.0. The summed E-state index contributed by atoms with van der Waals surface area (Å²) >= 11 is 6.43. The van der Waals surface area contributed by atoms with Gasteiger partial charge in [-0.25, -0.2) is 0 Å². The molecule has 2 heterocycles. The van der Waals surface area contributed by atoms with E-state index in [-0.39, 0.29) is 5.91 Å². The van der Waals surface area contributed by atoms with Crippen LogP contribution < -0.4 is 10.2 Å². The largest absolute Gasteiger partial charge is 0.378 e. The number of ether oxygens (including phenoxy) is 1. The van der Waals surface area contributed by atoms with Crippen LogP contribution in [0.25, 0.3) is 0 Å². The summed E-state index contributed by atoms with van der Waals surface area (Å²) in [6.45, 7) is 6.35. The van der Waals surface area contributed by atoms with Gasteiger partial charge in [0, 0.05) is 25.7 Å². The molecule has 0 spiro atoms. The smallest absolute Gasteiger partial charge is 0.242 e. The number of carbonyl (C=O) groups is 1. The van der Waals surface area contributed by atoms with Crippen molar-refractivity contribution in [2.75, 3.05) is 49.6 Å². The van der Waals surface area contributed by atoms with E-state index in [1.165, 1.54) is 6.42 Å². The Labute approximate surface area is 148 Å². The van der Waals surface area contributed by atoms with Gasteiger partial charge in [0.15, 0.2) is 0 Å². The number of halogens is 1. The average molecular weight is 352 g/mol. The van der Waals surface area contributed by atoms with E-state index in [2.05, 4.69) is 17.1 Å². The lowest BCUT2D eigenvalue weighted by molar-refractivity contribution is -0.132. The average Bonchev–Trinajstić information content (AvgIpc) is 2.61. The maximum absolute atomic E-state index is 12.6. The minimum absolute atomic E-state index is 0.162. The molecule has 0 radical (unpaired) electrons. The number of amides is 1. The molecule has 2 saturated heterocycles. The Balaban J connectivity index is 1.68. The summed E-state index contributed by atoms with van der Waals surface area (Å²) in [6.07, 6.45) is 3.42. The molecule has 1 aromatic carbocycles. The number of anilines is 2. The highest BCUT2D eigenvalue weighted by Gasteiger charge is 2.23. The minimum atomic E-state index is 0.162. The second-order valence-electron chi connectivity index (χ2n) is 6.52. The molecule has 132 valence electrons. The SMILES string of the molecule is CC1CCCCN1C(=O)CNc1cccc(Cl)c1N1CCOCC1. The Morgan fingerprint density at radius 2 is 2.08 bits per heavy atom. The van der Waals surface area contributed by atoms with Crippen LogP contribution in [0.4, 0.5) is 11.4 Å². The molecule has 6 heteroatoms. The van der Waals surface area contributed by atoms with Crippen LogP contribution in [0.5, 0.6) is 0 Å². The van der Waals surface area contributed by atoms with Gasteiger partial charge in [-0.2, -0.15) is 0 Å². The van der Waals surface area contributed by atoms with Gasteiger partial charge < -0.3 is 19.9 Å². The Morgan fingerprint density at radius 1 is 1.29 bits per heavy atom. The van der Waals surface area contributed by atoms with Gasteiger partial charge in [0.25, 0.3) is 0 Å². The highest BCUT2D eigenvalue weighted by Crippen LogP contribution is 2.34. The van der Waals surface area contributed by atoms with Gasteiger partial charge in [-0.05, 0) is 38.3 Å². The molecule has 1 N–H and O–H groups in total. The quantitative estimate of drug-likeness (QED) is 0.905. The van der Waals surface area contributed by atoms with Gasteiger partial charge >= 0.3 is 0 Å². The summed E-state index contributed by atoms with van der Waals surface area (Å²) in [5.41, 5.74) is 1.89. The third-order valence-corrected chi connectivity index (χ3v) is 5.17. The molecule has 1 amide bonds. The van der Waals surface area contributed by atoms with Crippen molar-refractivity contribution in [3.8, 4) is 0 Å². The van der Waals surface area contributed by atoms with E-state index in [1.807, 2.05) is 23.1 Å². The van der Waals surface area contributed by atoms with E-state index in [1.54, 1.807) is 0 Å². The van der Waals surface area contributed by atoms with Crippen molar-refractivity contribution in [2.24, 2.45) is 0 Å². The molecular formula is C18H26ClN3O2. The van der Waals surface area contributed by atoms with Crippen LogP contribution in [0.1, 0.15) is 26.2 Å². The molecule has 3 rings (SSSR count). The summed E-state index contributed by atoms with van der Waals surface area (Å²) < 4.78 is 5.42. The summed E-state index contributed by atoms with van der Waals surface area (Å²) in [5.74, 6) is 0.162. The number of piperidine rings is 1. The first-order valence-corrected chi connectivity index (χ1v) is 9.19. The second-order valence-corrected chi connectivity index (χ2v) is 6.93. The molecule has 2 fully saturated rings. The maximum Gasteiger partial charge on any atom is 0.242 e. The normalized spacial score (nSPS) is 21.7. The van der Waals surface area contributed by atoms with Crippen LogP contribution in [-0.2, 0) is 9.53 Å². The first kappa shape index (κ1) is 17.4. The molecule has 1 atom stereocenters. The van der Waals surface area contributed by atoms with Crippen molar-refractivity contribution in [3.05, 3.63) is 23.2 Å². The first-order chi connectivity index (χ1) is 11.7. The Hall–Kier alpha value is -1.46. The minimum Gasteiger partial charge on any atom is -0.378 e. The van der Waals surface area contributed by atoms with Gasteiger partial charge in [-0.3, -0.25) is 4.79 Å². The van der Waals surface area contributed by atoms with E-state index in [0.29, 0.717) is 30.8 Å². The third-order valence-electron chi connectivity index (χ3n) is 4.87. The van der Waals surface area contributed by atoms with E-state index in [0.717, 1.165) is 43.9 Å². The fourth-order valence-electron chi connectivity index (χ4n) is 3.51. The Bertz CT molecular complexity index is 575. The Morgan fingerprint density at radius 3 is 2.83 bits per heavy atom. The van der Waals surface area contributed by atoms with Gasteiger partial charge in [0.2, 0.25) is 5.91 Å². The van der Waals surface area contributed by atoms with E-state index >= 15 is 0 Å². The summed E-state index contributed by atoms with van der Waals surface area (Å²) in [6, 6.07) is 6.14. The van der Waals surface area contributed by atoms with Gasteiger partial charge in [0.1, 0.15) is 0 Å². The number of likely N-dealkylation sites (tertiary alicyclic amines) is 1. The van der Waals surface area contributed by atoms with Gasteiger partial charge in [-0.15, -0.1) is 0 Å². The van der Waals surface area contributed by atoms with Crippen molar-refractivity contribution in [1.29, 1.82) is 0 Å². The zero-order chi connectivity index (χ0) is 16.9. The highest BCUT2D eigenvalue weighted by molar-refractivity contribution is 6.34. The van der Waals surface area contributed by atoms with Crippen molar-refractivity contribution in [1.82, 2.24) is 4.90 Å². The van der Waals surface area contributed by atoms with Crippen LogP contribution in [0.3, 0.4) is 0 Å². The zero-order valence-electron chi connectivity index (χ0n) is 14.3. The summed E-state index contributed by atoms with van der Waals surface area (Å²) in [5, 5.41) is 4.02. The van der Waals surface area contributed by atoms with Gasteiger partial charge in [0.05, 0.1) is 36.2 Å². The van der Waals surface area contributed by atoms with E-state index in [4.69, 9.17) is 16.3 Å². The van der Waals surface area contributed by atoms with Crippen molar-refractivity contribution in [2.45, 2.75) is 32.2 Å². The van der Waals surface area contributed by atoms with Crippen molar-refractivity contribution < 1.29 is 9.53 Å². The number of hydrogen-bond donors (Lipinski definition) is 1. The molecule has 5 nitrogen and oxygen atoms in total. The van der Waals surface area contributed by atoms with Crippen molar-refractivity contribution in [3.63, 3.8) is 0 Å². The molecule has 0 bridgehead atoms. The lowest BCUT2D eigenvalue weighted by atomic mass is 10.0. The van der Waals surface area contributed by atoms with Crippen molar-refractivity contribution >= 4 is 28.9 Å². The number of morpholine rings is 1. The maximum atomic E-state index is 12.6. The third kappa shape index (κ3) is 3.95. The first-order valence-electron chi connectivity index (χ1n) is 8.81. The van der Waals surface area contributed by atoms with E-state index in [9.17, 15) is 4.79 Å². The standard InChI is InChI=1S/C18H26ClN3O2/c1-14-5-2-3-8-22(14)17(23)13-20-16-7-4-6-15(19)18(16)21-9-11-24-12-10-21/h4,6-7,14,20H,2-3,5,8-13H2,1H3. The van der Waals surface area contributed by atoms with Crippen LogP contribution in [0, 0.1) is 0 Å². The fraction of sp³-hybridized carbons (Fsp3) is 0.611. The summed E-state index contributed by atoms with van der Waals surface area (Å²) in [7, 11) is 0. The molecular weight excluding hydrogens is 326 g/mol. The monoisotopic (exact) mass is 351 g/mol. The van der Waals surface area contributed by atoms with Gasteiger partial charge in [-0.1, -0.05) is 17.7 Å². The number of benzene rings is 1.